The predicted molar refractivity (Wildman–Crippen MR) is 74.3 cm³/mol. The van der Waals surface area contributed by atoms with Crippen LogP contribution in [0, 0.1) is 0 Å². The van der Waals surface area contributed by atoms with Crippen molar-refractivity contribution in [1.29, 1.82) is 0 Å². The van der Waals surface area contributed by atoms with Crippen LogP contribution in [0.2, 0.25) is 0 Å². The minimum atomic E-state index is -2.79. The molecule has 0 amide bonds. The van der Waals surface area contributed by atoms with Gasteiger partial charge in [-0.05, 0) is 36.6 Å². The van der Waals surface area contributed by atoms with Crippen LogP contribution in [0.15, 0.2) is 18.2 Å². The molecule has 1 heterocycles. The molecule has 1 aromatic carbocycles. The van der Waals surface area contributed by atoms with E-state index in [-0.39, 0.29) is 23.9 Å². The Kier molecular flexibility index (Phi) is 4.97. The number of hydrogen-bond donors (Lipinski definition) is 0. The van der Waals surface area contributed by atoms with Gasteiger partial charge in [-0.15, -0.1) is 0 Å². The third kappa shape index (κ3) is 3.29. The number of alkyl halides is 2. The summed E-state index contributed by atoms with van der Waals surface area (Å²) in [5, 5.41) is 0. The highest BCUT2D eigenvalue weighted by Gasteiger charge is 2.31. The minimum Gasteiger partial charge on any atom is -0.435 e. The number of ether oxygens (including phenoxy) is 2. The highest BCUT2D eigenvalue weighted by molar-refractivity contribution is 5.40. The number of rotatable bonds is 5. The normalized spacial score (nSPS) is 25.6. The zero-order valence-corrected chi connectivity index (χ0v) is 12.2. The van der Waals surface area contributed by atoms with E-state index in [9.17, 15) is 8.78 Å². The topological polar surface area (TPSA) is 18.5 Å². The van der Waals surface area contributed by atoms with Crippen LogP contribution in [-0.4, -0.2) is 12.7 Å². The van der Waals surface area contributed by atoms with Gasteiger partial charge in [0.15, 0.2) is 0 Å². The highest BCUT2D eigenvalue weighted by atomic mass is 19.3. The van der Waals surface area contributed by atoms with Gasteiger partial charge in [-0.1, -0.05) is 32.8 Å². The lowest BCUT2D eigenvalue weighted by molar-refractivity contribution is -0.0515. The van der Waals surface area contributed by atoms with Crippen molar-refractivity contribution < 1.29 is 18.3 Å². The average molecular weight is 284 g/mol. The molecule has 2 nitrogen and oxygen atoms in total. The average Bonchev–Trinajstić information content (AvgIpc) is 2.40. The number of fused-ring (bicyclic) bond motifs is 1. The van der Waals surface area contributed by atoms with Gasteiger partial charge in [0.1, 0.15) is 5.75 Å². The second kappa shape index (κ2) is 6.53. The number of hydrogen-bond acceptors (Lipinski definition) is 2. The summed E-state index contributed by atoms with van der Waals surface area (Å²) in [6, 6.07) is 5.20. The van der Waals surface area contributed by atoms with E-state index in [4.69, 9.17) is 4.74 Å². The Labute approximate surface area is 119 Å². The largest absolute Gasteiger partial charge is 0.435 e. The molecular weight excluding hydrogens is 262 g/mol. The lowest BCUT2D eigenvalue weighted by Gasteiger charge is -2.36. The van der Waals surface area contributed by atoms with Crippen LogP contribution in [0.4, 0.5) is 8.78 Å². The Morgan fingerprint density at radius 3 is 2.65 bits per heavy atom. The van der Waals surface area contributed by atoms with Gasteiger partial charge in [0.05, 0.1) is 12.2 Å². The molecule has 4 heteroatoms. The number of halogens is 2. The van der Waals surface area contributed by atoms with Crippen molar-refractivity contribution in [2.75, 3.05) is 0 Å². The lowest BCUT2D eigenvalue weighted by atomic mass is 9.84. The summed E-state index contributed by atoms with van der Waals surface area (Å²) in [5.41, 5.74) is 2.15. The molecule has 0 aliphatic carbocycles. The van der Waals surface area contributed by atoms with E-state index in [1.807, 2.05) is 13.0 Å². The van der Waals surface area contributed by atoms with Crippen molar-refractivity contribution >= 4 is 0 Å². The number of unbranched alkanes of at least 4 members (excludes halogenated alkanes) is 1. The van der Waals surface area contributed by atoms with Gasteiger partial charge >= 0.3 is 6.61 Å². The Bertz CT molecular complexity index is 448. The van der Waals surface area contributed by atoms with Crippen LogP contribution in [-0.2, 0) is 4.74 Å². The standard InChI is InChI=1S/C16H22F2O2/c1-4-5-6-15-10(2)13-8-7-12(20-16(17)18)9-14(13)11(3)19-15/h7-11,15-16H,4-6H2,1-3H3/t10-,11-,15+/m0/s1. The first kappa shape index (κ1) is 15.2. The molecule has 20 heavy (non-hydrogen) atoms. The first-order chi connectivity index (χ1) is 9.52. The molecule has 0 saturated carbocycles. The Hall–Kier alpha value is -1.16. The molecule has 2 rings (SSSR count). The van der Waals surface area contributed by atoms with Gasteiger partial charge < -0.3 is 9.47 Å². The molecule has 0 bridgehead atoms. The van der Waals surface area contributed by atoms with Gasteiger partial charge in [-0.3, -0.25) is 0 Å². The van der Waals surface area contributed by atoms with Crippen molar-refractivity contribution in [2.24, 2.45) is 0 Å². The Morgan fingerprint density at radius 1 is 1.25 bits per heavy atom. The van der Waals surface area contributed by atoms with Crippen molar-refractivity contribution in [3.8, 4) is 5.75 Å². The molecular formula is C16H22F2O2. The van der Waals surface area contributed by atoms with Crippen LogP contribution in [0.25, 0.3) is 0 Å². The van der Waals surface area contributed by atoms with Gasteiger partial charge in [-0.25, -0.2) is 0 Å². The molecule has 1 aliphatic heterocycles. The zero-order valence-electron chi connectivity index (χ0n) is 12.2. The fourth-order valence-electron chi connectivity index (χ4n) is 2.87. The minimum absolute atomic E-state index is 0.0794. The molecule has 0 saturated heterocycles. The highest BCUT2D eigenvalue weighted by Crippen LogP contribution is 2.40. The maximum absolute atomic E-state index is 12.3. The Balaban J connectivity index is 2.21. The SMILES string of the molecule is CCCC[C@H]1O[C@@H](C)c2cc(OC(F)F)ccc2[C@@H]1C. The number of benzene rings is 1. The van der Waals surface area contributed by atoms with E-state index < -0.39 is 6.61 Å². The molecule has 1 aliphatic rings. The first-order valence-electron chi connectivity index (χ1n) is 7.27. The van der Waals surface area contributed by atoms with Crippen LogP contribution in [0.1, 0.15) is 63.2 Å². The van der Waals surface area contributed by atoms with E-state index in [0.29, 0.717) is 0 Å². The van der Waals surface area contributed by atoms with Crippen molar-refractivity contribution in [2.45, 2.75) is 64.8 Å². The summed E-state index contributed by atoms with van der Waals surface area (Å²) in [6.07, 6.45) is 3.46. The van der Waals surface area contributed by atoms with Crippen molar-refractivity contribution in [3.63, 3.8) is 0 Å². The fraction of sp³-hybridized carbons (Fsp3) is 0.625. The summed E-state index contributed by atoms with van der Waals surface area (Å²) in [7, 11) is 0. The van der Waals surface area contributed by atoms with E-state index >= 15 is 0 Å². The van der Waals surface area contributed by atoms with Gasteiger partial charge in [0.2, 0.25) is 0 Å². The molecule has 0 fully saturated rings. The van der Waals surface area contributed by atoms with Gasteiger partial charge in [0.25, 0.3) is 0 Å². The van der Waals surface area contributed by atoms with Crippen LogP contribution >= 0.6 is 0 Å². The quantitative estimate of drug-likeness (QED) is 0.754. The van der Waals surface area contributed by atoms with Crippen molar-refractivity contribution in [1.82, 2.24) is 0 Å². The van der Waals surface area contributed by atoms with E-state index in [2.05, 4.69) is 18.6 Å². The van der Waals surface area contributed by atoms with Crippen LogP contribution < -0.4 is 4.74 Å². The third-order valence-electron chi connectivity index (χ3n) is 3.99. The monoisotopic (exact) mass is 284 g/mol. The third-order valence-corrected chi connectivity index (χ3v) is 3.99. The van der Waals surface area contributed by atoms with Crippen LogP contribution in [0.5, 0.6) is 5.75 Å². The Morgan fingerprint density at radius 2 is 2.00 bits per heavy atom. The molecule has 0 unspecified atom stereocenters. The second-order valence-corrected chi connectivity index (χ2v) is 5.42. The summed E-state index contributed by atoms with van der Waals surface area (Å²) >= 11 is 0. The molecule has 1 aromatic rings. The van der Waals surface area contributed by atoms with Crippen molar-refractivity contribution in [3.05, 3.63) is 29.3 Å². The molecule has 0 N–H and O–H groups in total. The second-order valence-electron chi connectivity index (χ2n) is 5.42. The molecule has 0 radical (unpaired) electrons. The summed E-state index contributed by atoms with van der Waals surface area (Å²) < 4.78 is 35.1. The molecule has 3 atom stereocenters. The summed E-state index contributed by atoms with van der Waals surface area (Å²) in [4.78, 5) is 0. The maximum atomic E-state index is 12.3. The summed E-state index contributed by atoms with van der Waals surface area (Å²) in [6.45, 7) is 3.48. The lowest BCUT2D eigenvalue weighted by Crippen LogP contribution is -2.28. The predicted octanol–water partition coefficient (Wildman–Crippen LogP) is 5.04. The smallest absolute Gasteiger partial charge is 0.387 e. The summed E-state index contributed by atoms with van der Waals surface area (Å²) in [5.74, 6) is 0.488. The van der Waals surface area contributed by atoms with Crippen LogP contribution in [0.3, 0.4) is 0 Å². The first-order valence-corrected chi connectivity index (χ1v) is 7.27. The van der Waals surface area contributed by atoms with E-state index in [0.717, 1.165) is 24.8 Å². The van der Waals surface area contributed by atoms with E-state index in [1.165, 1.54) is 5.56 Å². The molecule has 0 spiro atoms. The maximum Gasteiger partial charge on any atom is 0.387 e. The molecule has 0 aromatic heterocycles. The van der Waals surface area contributed by atoms with E-state index in [1.54, 1.807) is 12.1 Å². The molecule has 112 valence electrons. The van der Waals surface area contributed by atoms with Gasteiger partial charge in [-0.2, -0.15) is 8.78 Å². The fourth-order valence-corrected chi connectivity index (χ4v) is 2.87. The zero-order chi connectivity index (χ0) is 14.7. The van der Waals surface area contributed by atoms with Gasteiger partial charge in [0, 0.05) is 5.92 Å².